The zero-order valence-corrected chi connectivity index (χ0v) is 12.5. The smallest absolute Gasteiger partial charge is 0.341 e. The van der Waals surface area contributed by atoms with Gasteiger partial charge in [-0.25, -0.2) is 4.79 Å². The van der Waals surface area contributed by atoms with Crippen LogP contribution >= 0.6 is 22.6 Å². The lowest BCUT2D eigenvalue weighted by molar-refractivity contribution is 0.0692. The van der Waals surface area contributed by atoms with Crippen molar-refractivity contribution in [3.8, 4) is 11.6 Å². The molecule has 0 amide bonds. The van der Waals surface area contributed by atoms with Gasteiger partial charge in [0, 0.05) is 3.57 Å². The van der Waals surface area contributed by atoms with Crippen molar-refractivity contribution in [2.75, 3.05) is 0 Å². The quantitative estimate of drug-likeness (QED) is 0.841. The summed E-state index contributed by atoms with van der Waals surface area (Å²) in [5, 5.41) is 17.0. The highest BCUT2D eigenvalue weighted by atomic mass is 127. The Morgan fingerprint density at radius 2 is 1.84 bits per heavy atom. The molecule has 0 atom stereocenters. The van der Waals surface area contributed by atoms with Crippen molar-refractivity contribution in [2.24, 2.45) is 0 Å². The van der Waals surface area contributed by atoms with E-state index >= 15 is 0 Å². The molecule has 0 aliphatic heterocycles. The van der Waals surface area contributed by atoms with Crippen LogP contribution in [0.3, 0.4) is 0 Å². The van der Waals surface area contributed by atoms with Crippen LogP contribution in [0.15, 0.2) is 24.3 Å². The van der Waals surface area contributed by atoms with Crippen molar-refractivity contribution in [1.29, 1.82) is 0 Å². The van der Waals surface area contributed by atoms with E-state index < -0.39 is 5.97 Å². The molecular weight excluding hydrogens is 359 g/mol. The van der Waals surface area contributed by atoms with E-state index in [0.717, 1.165) is 3.57 Å². The molecule has 1 N–H and O–H groups in total. The monoisotopic (exact) mass is 370 g/mol. The zero-order chi connectivity index (χ0) is 14.0. The molecular formula is C13H11IN2O3. The van der Waals surface area contributed by atoms with E-state index in [1.807, 2.05) is 12.1 Å². The topological polar surface area (TPSA) is 72.3 Å². The van der Waals surface area contributed by atoms with E-state index in [1.54, 1.807) is 26.0 Å². The van der Waals surface area contributed by atoms with Crippen LogP contribution < -0.4 is 4.74 Å². The second-order valence-electron chi connectivity index (χ2n) is 3.95. The van der Waals surface area contributed by atoms with E-state index in [0.29, 0.717) is 17.0 Å². The highest BCUT2D eigenvalue weighted by molar-refractivity contribution is 14.1. The van der Waals surface area contributed by atoms with Gasteiger partial charge in [0.15, 0.2) is 0 Å². The van der Waals surface area contributed by atoms with Crippen LogP contribution in [0.4, 0.5) is 0 Å². The molecule has 1 aromatic heterocycles. The average molecular weight is 370 g/mol. The van der Waals surface area contributed by atoms with E-state index in [1.165, 1.54) is 0 Å². The summed E-state index contributed by atoms with van der Waals surface area (Å²) in [6.45, 7) is 3.40. The van der Waals surface area contributed by atoms with Crippen molar-refractivity contribution in [2.45, 2.75) is 13.8 Å². The molecule has 0 aliphatic carbocycles. The zero-order valence-electron chi connectivity index (χ0n) is 10.3. The van der Waals surface area contributed by atoms with Crippen LogP contribution in [0.5, 0.6) is 11.6 Å². The summed E-state index contributed by atoms with van der Waals surface area (Å²) in [6, 6.07) is 7.24. The first-order valence-corrected chi connectivity index (χ1v) is 6.57. The molecule has 98 valence electrons. The van der Waals surface area contributed by atoms with Gasteiger partial charge < -0.3 is 9.84 Å². The van der Waals surface area contributed by atoms with Gasteiger partial charge in [-0.3, -0.25) is 0 Å². The Morgan fingerprint density at radius 1 is 1.21 bits per heavy atom. The van der Waals surface area contributed by atoms with Gasteiger partial charge in [0.25, 0.3) is 5.88 Å². The van der Waals surface area contributed by atoms with Crippen molar-refractivity contribution < 1.29 is 14.6 Å². The first-order valence-electron chi connectivity index (χ1n) is 5.49. The van der Waals surface area contributed by atoms with Crippen LogP contribution in [0.1, 0.15) is 21.6 Å². The van der Waals surface area contributed by atoms with Crippen molar-refractivity contribution in [3.05, 3.63) is 44.7 Å². The van der Waals surface area contributed by atoms with Gasteiger partial charge in [0.2, 0.25) is 0 Å². The van der Waals surface area contributed by atoms with Crippen molar-refractivity contribution >= 4 is 28.6 Å². The molecule has 2 aromatic rings. The third-order valence-electron chi connectivity index (χ3n) is 2.66. The SMILES string of the molecule is Cc1nnc(Oc2ccc(I)cc2)c(C(=O)O)c1C. The minimum Gasteiger partial charge on any atom is -0.477 e. The molecule has 0 bridgehead atoms. The number of carbonyl (C=O) groups is 1. The summed E-state index contributed by atoms with van der Waals surface area (Å²) in [6.07, 6.45) is 0. The number of aromatic nitrogens is 2. The number of ether oxygens (including phenoxy) is 1. The van der Waals surface area contributed by atoms with Crippen molar-refractivity contribution in [3.63, 3.8) is 0 Å². The van der Waals surface area contributed by atoms with Gasteiger partial charge in [0.05, 0.1) is 5.69 Å². The Labute approximate surface area is 123 Å². The predicted octanol–water partition coefficient (Wildman–Crippen LogP) is 3.19. The summed E-state index contributed by atoms with van der Waals surface area (Å²) in [7, 11) is 0. The molecule has 0 saturated heterocycles. The van der Waals surface area contributed by atoms with Gasteiger partial charge in [-0.2, -0.15) is 5.10 Å². The Kier molecular flexibility index (Phi) is 3.98. The lowest BCUT2D eigenvalue weighted by Gasteiger charge is -2.10. The number of aryl methyl sites for hydroxylation is 1. The van der Waals surface area contributed by atoms with E-state index in [4.69, 9.17) is 4.74 Å². The van der Waals surface area contributed by atoms with Crippen LogP contribution in [0.2, 0.25) is 0 Å². The van der Waals surface area contributed by atoms with Gasteiger partial charge in [-0.05, 0) is 66.3 Å². The summed E-state index contributed by atoms with van der Waals surface area (Å²) in [4.78, 5) is 11.3. The Balaban J connectivity index is 2.42. The molecule has 1 aromatic carbocycles. The second-order valence-corrected chi connectivity index (χ2v) is 5.20. The molecule has 19 heavy (non-hydrogen) atoms. The van der Waals surface area contributed by atoms with Crippen molar-refractivity contribution in [1.82, 2.24) is 10.2 Å². The highest BCUT2D eigenvalue weighted by Gasteiger charge is 2.19. The van der Waals surface area contributed by atoms with E-state index in [-0.39, 0.29) is 11.4 Å². The fourth-order valence-corrected chi connectivity index (χ4v) is 1.88. The molecule has 0 aliphatic rings. The van der Waals surface area contributed by atoms with Gasteiger partial charge in [-0.1, -0.05) is 0 Å². The molecule has 0 radical (unpaired) electrons. The normalized spacial score (nSPS) is 10.3. The van der Waals surface area contributed by atoms with Crippen LogP contribution in [0.25, 0.3) is 0 Å². The molecule has 0 fully saturated rings. The molecule has 0 unspecified atom stereocenters. The third-order valence-corrected chi connectivity index (χ3v) is 3.38. The standard InChI is InChI=1S/C13H11IN2O3/c1-7-8(2)15-16-12(11(7)13(17)18)19-10-5-3-9(14)4-6-10/h3-6H,1-2H3,(H,17,18). The number of benzene rings is 1. The summed E-state index contributed by atoms with van der Waals surface area (Å²) < 4.78 is 6.57. The molecule has 1 heterocycles. The summed E-state index contributed by atoms with van der Waals surface area (Å²) in [5.74, 6) is -0.534. The molecule has 0 spiro atoms. The predicted molar refractivity (Wildman–Crippen MR) is 77.7 cm³/mol. The number of rotatable bonds is 3. The summed E-state index contributed by atoms with van der Waals surface area (Å²) >= 11 is 2.18. The average Bonchev–Trinajstić information content (AvgIpc) is 2.36. The minimum absolute atomic E-state index is 0.0109. The van der Waals surface area contributed by atoms with Crippen LogP contribution in [-0.4, -0.2) is 21.3 Å². The number of hydrogen-bond donors (Lipinski definition) is 1. The first kappa shape index (κ1) is 13.7. The first-order chi connectivity index (χ1) is 8.99. The Morgan fingerprint density at radius 3 is 2.42 bits per heavy atom. The fraction of sp³-hybridized carbons (Fsp3) is 0.154. The molecule has 2 rings (SSSR count). The lowest BCUT2D eigenvalue weighted by Crippen LogP contribution is -2.08. The van der Waals surface area contributed by atoms with E-state index in [2.05, 4.69) is 32.8 Å². The number of carboxylic acids is 1. The number of nitrogens with zero attached hydrogens (tertiary/aromatic N) is 2. The van der Waals surface area contributed by atoms with Gasteiger partial charge >= 0.3 is 5.97 Å². The number of halogens is 1. The molecule has 5 nitrogen and oxygen atoms in total. The highest BCUT2D eigenvalue weighted by Crippen LogP contribution is 2.26. The lowest BCUT2D eigenvalue weighted by atomic mass is 10.1. The second kappa shape index (κ2) is 5.52. The maximum Gasteiger partial charge on any atom is 0.341 e. The number of carboxylic acid groups (broad SMARTS) is 1. The minimum atomic E-state index is -1.07. The largest absolute Gasteiger partial charge is 0.477 e. The Bertz CT molecular complexity index is 627. The van der Waals surface area contributed by atoms with E-state index in [9.17, 15) is 9.90 Å². The summed E-state index contributed by atoms with van der Waals surface area (Å²) in [5.41, 5.74) is 1.18. The Hall–Kier alpha value is -1.70. The maximum absolute atomic E-state index is 11.3. The third kappa shape index (κ3) is 3.01. The van der Waals surface area contributed by atoms with Gasteiger partial charge in [0.1, 0.15) is 11.3 Å². The maximum atomic E-state index is 11.3. The fourth-order valence-electron chi connectivity index (χ4n) is 1.52. The molecule has 6 heteroatoms. The number of aromatic carboxylic acids is 1. The van der Waals surface area contributed by atoms with Crippen LogP contribution in [-0.2, 0) is 0 Å². The number of hydrogen-bond acceptors (Lipinski definition) is 4. The van der Waals surface area contributed by atoms with Crippen LogP contribution in [0, 0.1) is 17.4 Å². The molecule has 0 saturated carbocycles. The van der Waals surface area contributed by atoms with Gasteiger partial charge in [-0.15, -0.1) is 5.10 Å².